The predicted octanol–water partition coefficient (Wildman–Crippen LogP) is 3.86. The molecule has 0 saturated heterocycles. The zero-order valence-corrected chi connectivity index (χ0v) is 12.4. The molecule has 4 nitrogen and oxygen atoms in total. The van der Waals surface area contributed by atoms with Gasteiger partial charge in [-0.25, -0.2) is 4.79 Å². The third-order valence-electron chi connectivity index (χ3n) is 2.70. The van der Waals surface area contributed by atoms with Crippen molar-refractivity contribution in [3.05, 3.63) is 54.0 Å². The third kappa shape index (κ3) is 5.04. The van der Waals surface area contributed by atoms with Gasteiger partial charge in [0, 0.05) is 16.7 Å². The first-order valence-electron chi connectivity index (χ1n) is 6.46. The van der Waals surface area contributed by atoms with E-state index >= 15 is 0 Å². The number of hydrogen-bond acceptors (Lipinski definition) is 4. The molecule has 0 fully saturated rings. The number of aryl methyl sites for hydroxylation is 1. The minimum atomic E-state index is -0.965. The normalized spacial score (nSPS) is 10.9. The molecule has 0 saturated carbocycles. The van der Waals surface area contributed by atoms with Crippen LogP contribution in [0.3, 0.4) is 0 Å². The molecule has 1 N–H and O–H groups in total. The lowest BCUT2D eigenvalue weighted by Crippen LogP contribution is -2.00. The molecule has 0 atom stereocenters. The number of carboxylic acids is 1. The third-order valence-corrected chi connectivity index (χ3v) is 3.80. The van der Waals surface area contributed by atoms with Crippen LogP contribution in [0.4, 0.5) is 0 Å². The van der Waals surface area contributed by atoms with Gasteiger partial charge in [-0.05, 0) is 36.8 Å². The van der Waals surface area contributed by atoms with Crippen LogP contribution in [0.1, 0.15) is 11.3 Å². The summed E-state index contributed by atoms with van der Waals surface area (Å²) < 4.78 is 10.9. The monoisotopic (exact) mass is 304 g/mol. The molecule has 21 heavy (non-hydrogen) atoms. The van der Waals surface area contributed by atoms with Crippen LogP contribution in [-0.4, -0.2) is 23.4 Å². The van der Waals surface area contributed by atoms with Crippen LogP contribution >= 0.6 is 11.8 Å². The number of thioether (sulfide) groups is 1. The van der Waals surface area contributed by atoms with Gasteiger partial charge in [0.25, 0.3) is 0 Å². The molecule has 0 radical (unpaired) electrons. The van der Waals surface area contributed by atoms with Crippen molar-refractivity contribution in [3.63, 3.8) is 0 Å². The molecule has 110 valence electrons. The van der Waals surface area contributed by atoms with E-state index in [9.17, 15) is 4.79 Å². The largest absolute Gasteiger partial charge is 0.493 e. The Morgan fingerprint density at radius 2 is 2.29 bits per heavy atom. The second-order valence-electron chi connectivity index (χ2n) is 4.28. The van der Waals surface area contributed by atoms with Gasteiger partial charge in [0.15, 0.2) is 0 Å². The van der Waals surface area contributed by atoms with Crippen molar-refractivity contribution in [2.24, 2.45) is 0 Å². The lowest BCUT2D eigenvalue weighted by molar-refractivity contribution is -0.131. The molecular weight excluding hydrogens is 288 g/mol. The zero-order chi connectivity index (χ0) is 15.1. The summed E-state index contributed by atoms with van der Waals surface area (Å²) in [4.78, 5) is 11.6. The van der Waals surface area contributed by atoms with E-state index in [1.807, 2.05) is 37.3 Å². The summed E-state index contributed by atoms with van der Waals surface area (Å²) in [6.07, 6.45) is 4.33. The Hall–Kier alpha value is -2.14. The average Bonchev–Trinajstić information content (AvgIpc) is 2.87. The summed E-state index contributed by atoms with van der Waals surface area (Å²) in [6, 6.07) is 9.27. The Bertz CT molecular complexity index is 631. The minimum absolute atomic E-state index is 0.571. The molecule has 0 spiro atoms. The first-order chi connectivity index (χ1) is 10.1. The Kier molecular flexibility index (Phi) is 5.51. The summed E-state index contributed by atoms with van der Waals surface area (Å²) in [5.41, 5.74) is 0.799. The molecule has 0 bridgehead atoms. The first-order valence-corrected chi connectivity index (χ1v) is 7.44. The fraction of sp³-hybridized carbons (Fsp3) is 0.188. The van der Waals surface area contributed by atoms with Crippen LogP contribution in [0.5, 0.6) is 5.75 Å². The fourth-order valence-corrected chi connectivity index (χ4v) is 2.50. The zero-order valence-electron chi connectivity index (χ0n) is 11.6. The van der Waals surface area contributed by atoms with Crippen molar-refractivity contribution in [1.29, 1.82) is 0 Å². The number of carbonyl (C=O) groups is 1. The van der Waals surface area contributed by atoms with E-state index in [2.05, 4.69) is 0 Å². The summed E-state index contributed by atoms with van der Waals surface area (Å²) in [5, 5.41) is 8.60. The number of carboxylic acid groups (broad SMARTS) is 1. The first kappa shape index (κ1) is 15.3. The van der Waals surface area contributed by atoms with Crippen LogP contribution in [0.15, 0.2) is 52.0 Å². The second-order valence-corrected chi connectivity index (χ2v) is 5.42. The maximum atomic E-state index is 10.5. The number of hydrogen-bond donors (Lipinski definition) is 1. The van der Waals surface area contributed by atoms with E-state index in [1.165, 1.54) is 0 Å². The molecule has 0 amide bonds. The molecule has 5 heteroatoms. The van der Waals surface area contributed by atoms with Crippen molar-refractivity contribution < 1.29 is 19.1 Å². The van der Waals surface area contributed by atoms with Gasteiger partial charge >= 0.3 is 5.97 Å². The Labute approximate surface area is 127 Å². The molecule has 0 aliphatic heterocycles. The van der Waals surface area contributed by atoms with Crippen LogP contribution in [0.2, 0.25) is 0 Å². The molecule has 0 aliphatic carbocycles. The maximum Gasteiger partial charge on any atom is 0.328 e. The van der Waals surface area contributed by atoms with Crippen LogP contribution in [0.25, 0.3) is 6.08 Å². The highest BCUT2D eigenvalue weighted by Gasteiger charge is 2.02. The van der Waals surface area contributed by atoms with E-state index < -0.39 is 5.97 Å². The van der Waals surface area contributed by atoms with E-state index in [-0.39, 0.29) is 0 Å². The van der Waals surface area contributed by atoms with Gasteiger partial charge in [0.1, 0.15) is 11.5 Å². The van der Waals surface area contributed by atoms with Crippen LogP contribution in [0, 0.1) is 6.92 Å². The van der Waals surface area contributed by atoms with Gasteiger partial charge in [-0.3, -0.25) is 0 Å². The Morgan fingerprint density at radius 1 is 1.43 bits per heavy atom. The summed E-state index contributed by atoms with van der Waals surface area (Å²) in [5.74, 6) is 1.50. The lowest BCUT2D eigenvalue weighted by Gasteiger charge is -2.06. The standard InChI is InChI=1S/C16H16O4S/c1-12-15(7-8-19-12)21-10-9-20-14-4-2-3-13(11-14)5-6-16(17)18/h2-8,11H,9-10H2,1H3,(H,17,18)/b6-5+. The van der Waals surface area contributed by atoms with Crippen molar-refractivity contribution in [1.82, 2.24) is 0 Å². The molecule has 0 aliphatic rings. The van der Waals surface area contributed by atoms with E-state index in [1.54, 1.807) is 24.1 Å². The topological polar surface area (TPSA) is 59.7 Å². The van der Waals surface area contributed by atoms with E-state index in [4.69, 9.17) is 14.3 Å². The van der Waals surface area contributed by atoms with Crippen molar-refractivity contribution in [2.75, 3.05) is 12.4 Å². The summed E-state index contributed by atoms with van der Waals surface area (Å²) in [7, 11) is 0. The molecule has 1 heterocycles. The van der Waals surface area contributed by atoms with Crippen LogP contribution in [-0.2, 0) is 4.79 Å². The van der Waals surface area contributed by atoms with Crippen molar-refractivity contribution in [2.45, 2.75) is 11.8 Å². The average molecular weight is 304 g/mol. The highest BCUT2D eigenvalue weighted by Crippen LogP contribution is 2.23. The Balaban J connectivity index is 1.82. The SMILES string of the molecule is Cc1occc1SCCOc1cccc(/C=C/C(=O)O)c1. The molecule has 2 aromatic rings. The fourth-order valence-electron chi connectivity index (χ4n) is 1.71. The maximum absolute atomic E-state index is 10.5. The predicted molar refractivity (Wildman–Crippen MR) is 82.8 cm³/mol. The number of ether oxygens (including phenoxy) is 1. The van der Waals surface area contributed by atoms with Crippen molar-refractivity contribution in [3.8, 4) is 5.75 Å². The number of furan rings is 1. The molecular formula is C16H16O4S. The van der Waals surface area contributed by atoms with E-state index in [0.29, 0.717) is 6.61 Å². The van der Waals surface area contributed by atoms with E-state index in [0.717, 1.165) is 33.8 Å². The lowest BCUT2D eigenvalue weighted by atomic mass is 10.2. The van der Waals surface area contributed by atoms with Gasteiger partial charge in [-0.1, -0.05) is 12.1 Å². The van der Waals surface area contributed by atoms with Gasteiger partial charge < -0.3 is 14.3 Å². The molecule has 2 rings (SSSR count). The minimum Gasteiger partial charge on any atom is -0.493 e. The Morgan fingerprint density at radius 3 is 3.00 bits per heavy atom. The second kappa shape index (κ2) is 7.59. The van der Waals surface area contributed by atoms with Crippen LogP contribution < -0.4 is 4.74 Å². The van der Waals surface area contributed by atoms with Gasteiger partial charge in [-0.2, -0.15) is 0 Å². The smallest absolute Gasteiger partial charge is 0.328 e. The van der Waals surface area contributed by atoms with Gasteiger partial charge in [0.05, 0.1) is 12.9 Å². The van der Waals surface area contributed by atoms with Crippen molar-refractivity contribution >= 4 is 23.8 Å². The summed E-state index contributed by atoms with van der Waals surface area (Å²) >= 11 is 1.68. The molecule has 1 aromatic heterocycles. The molecule has 0 unspecified atom stereocenters. The van der Waals surface area contributed by atoms with Gasteiger partial charge in [-0.15, -0.1) is 11.8 Å². The highest BCUT2D eigenvalue weighted by molar-refractivity contribution is 7.99. The van der Waals surface area contributed by atoms with Gasteiger partial charge in [0.2, 0.25) is 0 Å². The number of benzene rings is 1. The molecule has 1 aromatic carbocycles. The number of rotatable bonds is 7. The highest BCUT2D eigenvalue weighted by atomic mass is 32.2. The quantitative estimate of drug-likeness (QED) is 0.478. The number of aliphatic carboxylic acids is 1. The summed E-state index contributed by atoms with van der Waals surface area (Å²) in [6.45, 7) is 2.50.